The monoisotopic (exact) mass is 301 g/mol. The van der Waals surface area contributed by atoms with Crippen LogP contribution in [0.2, 0.25) is 0 Å². The number of carbonyl (C=O) groups is 1. The van der Waals surface area contributed by atoms with Crippen LogP contribution in [0.1, 0.15) is 21.5 Å². The van der Waals surface area contributed by atoms with Gasteiger partial charge < -0.3 is 19.9 Å². The Bertz CT molecular complexity index is 687. The summed E-state index contributed by atoms with van der Waals surface area (Å²) in [6.45, 7) is 3.57. The number of carbonyl (C=O) groups excluding carboxylic acids is 1. The molecule has 116 valence electrons. The molecule has 0 radical (unpaired) electrons. The van der Waals surface area contributed by atoms with Crippen molar-refractivity contribution in [1.82, 2.24) is 0 Å². The molecule has 0 heterocycles. The fraction of sp³-hybridized carbons (Fsp3) is 0.235. The Labute approximate surface area is 129 Å². The molecule has 22 heavy (non-hydrogen) atoms. The van der Waals surface area contributed by atoms with Crippen molar-refractivity contribution in [2.24, 2.45) is 0 Å². The van der Waals surface area contributed by atoms with E-state index in [9.17, 15) is 9.90 Å². The SMILES string of the molecule is COc1ccc(C(=O)Nc2cc(C)c(O)c(C)c2)cc1OC. The lowest BCUT2D eigenvalue weighted by Gasteiger charge is -2.11. The van der Waals surface area contributed by atoms with Crippen LogP contribution in [0.5, 0.6) is 17.2 Å². The van der Waals surface area contributed by atoms with Crippen molar-refractivity contribution in [2.75, 3.05) is 19.5 Å². The molecule has 0 saturated carbocycles. The van der Waals surface area contributed by atoms with Gasteiger partial charge in [0.1, 0.15) is 5.75 Å². The molecule has 2 aromatic rings. The van der Waals surface area contributed by atoms with E-state index in [-0.39, 0.29) is 11.7 Å². The van der Waals surface area contributed by atoms with Crippen molar-refractivity contribution < 1.29 is 19.4 Å². The summed E-state index contributed by atoms with van der Waals surface area (Å²) in [5.41, 5.74) is 2.51. The molecule has 0 aromatic heterocycles. The van der Waals surface area contributed by atoms with Crippen molar-refractivity contribution in [2.45, 2.75) is 13.8 Å². The van der Waals surface area contributed by atoms with Crippen LogP contribution < -0.4 is 14.8 Å². The predicted molar refractivity (Wildman–Crippen MR) is 85.1 cm³/mol. The average Bonchev–Trinajstić information content (AvgIpc) is 2.51. The van der Waals surface area contributed by atoms with Gasteiger partial charge >= 0.3 is 0 Å². The van der Waals surface area contributed by atoms with Gasteiger partial charge in [0.25, 0.3) is 5.91 Å². The maximum Gasteiger partial charge on any atom is 0.255 e. The van der Waals surface area contributed by atoms with Crippen molar-refractivity contribution in [3.63, 3.8) is 0 Å². The summed E-state index contributed by atoms with van der Waals surface area (Å²) in [5.74, 6) is 1.04. The Hall–Kier alpha value is -2.69. The van der Waals surface area contributed by atoms with Crippen LogP contribution in [0.3, 0.4) is 0 Å². The van der Waals surface area contributed by atoms with Gasteiger partial charge in [0.05, 0.1) is 14.2 Å². The van der Waals surface area contributed by atoms with E-state index in [1.165, 1.54) is 7.11 Å². The molecule has 0 aliphatic heterocycles. The normalized spacial score (nSPS) is 10.2. The first-order valence-electron chi connectivity index (χ1n) is 6.80. The van der Waals surface area contributed by atoms with E-state index in [0.717, 1.165) is 0 Å². The molecule has 0 saturated heterocycles. The zero-order chi connectivity index (χ0) is 16.3. The fourth-order valence-corrected chi connectivity index (χ4v) is 2.21. The van der Waals surface area contributed by atoms with Crippen LogP contribution in [0.25, 0.3) is 0 Å². The molecule has 0 bridgehead atoms. The second kappa shape index (κ2) is 6.39. The lowest BCUT2D eigenvalue weighted by Crippen LogP contribution is -2.12. The minimum absolute atomic E-state index is 0.240. The zero-order valence-corrected chi connectivity index (χ0v) is 13.1. The predicted octanol–water partition coefficient (Wildman–Crippen LogP) is 3.28. The molecule has 2 rings (SSSR count). The first-order valence-corrected chi connectivity index (χ1v) is 6.80. The van der Waals surface area contributed by atoms with Crippen molar-refractivity contribution in [3.05, 3.63) is 47.0 Å². The molecule has 2 aromatic carbocycles. The number of anilines is 1. The van der Waals surface area contributed by atoms with Crippen LogP contribution in [0.4, 0.5) is 5.69 Å². The third-order valence-electron chi connectivity index (χ3n) is 3.39. The van der Waals surface area contributed by atoms with E-state index in [2.05, 4.69) is 5.32 Å². The molecule has 0 aliphatic carbocycles. The van der Waals surface area contributed by atoms with Crippen LogP contribution in [-0.2, 0) is 0 Å². The Morgan fingerprint density at radius 1 is 1.00 bits per heavy atom. The van der Waals surface area contributed by atoms with Crippen molar-refractivity contribution >= 4 is 11.6 Å². The van der Waals surface area contributed by atoms with Crippen LogP contribution >= 0.6 is 0 Å². The number of hydrogen-bond donors (Lipinski definition) is 2. The molecule has 0 aliphatic rings. The lowest BCUT2D eigenvalue weighted by molar-refractivity contribution is 0.102. The van der Waals surface area contributed by atoms with Crippen LogP contribution in [0.15, 0.2) is 30.3 Å². The highest BCUT2D eigenvalue weighted by Gasteiger charge is 2.12. The highest BCUT2D eigenvalue weighted by molar-refractivity contribution is 6.04. The number of nitrogens with one attached hydrogen (secondary N) is 1. The number of benzene rings is 2. The average molecular weight is 301 g/mol. The van der Waals surface area contributed by atoms with Gasteiger partial charge in [-0.05, 0) is 55.3 Å². The van der Waals surface area contributed by atoms with Gasteiger partial charge in [-0.2, -0.15) is 0 Å². The number of phenols is 1. The lowest BCUT2D eigenvalue weighted by atomic mass is 10.1. The highest BCUT2D eigenvalue weighted by Crippen LogP contribution is 2.29. The highest BCUT2D eigenvalue weighted by atomic mass is 16.5. The maximum atomic E-state index is 12.3. The third kappa shape index (κ3) is 3.14. The number of hydrogen-bond acceptors (Lipinski definition) is 4. The number of rotatable bonds is 4. The second-order valence-corrected chi connectivity index (χ2v) is 4.98. The van der Waals surface area contributed by atoms with Crippen molar-refractivity contribution in [1.29, 1.82) is 0 Å². The first-order chi connectivity index (χ1) is 10.5. The number of aromatic hydroxyl groups is 1. The maximum absolute atomic E-state index is 12.3. The van der Waals surface area contributed by atoms with Crippen LogP contribution in [0, 0.1) is 13.8 Å². The van der Waals surface area contributed by atoms with E-state index in [1.807, 2.05) is 0 Å². The van der Waals surface area contributed by atoms with Gasteiger partial charge in [-0.1, -0.05) is 0 Å². The second-order valence-electron chi connectivity index (χ2n) is 4.98. The van der Waals surface area contributed by atoms with Gasteiger partial charge in [-0.3, -0.25) is 4.79 Å². The summed E-state index contributed by atoms with van der Waals surface area (Å²) in [6, 6.07) is 8.41. The summed E-state index contributed by atoms with van der Waals surface area (Å²) in [4.78, 5) is 12.3. The Kier molecular flexibility index (Phi) is 4.56. The van der Waals surface area contributed by atoms with E-state index in [0.29, 0.717) is 33.9 Å². The zero-order valence-electron chi connectivity index (χ0n) is 13.1. The Balaban J connectivity index is 2.26. The summed E-state index contributed by atoms with van der Waals surface area (Å²) in [6.07, 6.45) is 0. The number of methoxy groups -OCH3 is 2. The molecule has 0 spiro atoms. The third-order valence-corrected chi connectivity index (χ3v) is 3.39. The molecular formula is C17H19NO4. The topological polar surface area (TPSA) is 67.8 Å². The molecular weight excluding hydrogens is 282 g/mol. The summed E-state index contributed by atoms with van der Waals surface area (Å²) >= 11 is 0. The molecule has 0 fully saturated rings. The first kappa shape index (κ1) is 15.7. The molecule has 5 nitrogen and oxygen atoms in total. The molecule has 5 heteroatoms. The van der Waals surface area contributed by atoms with Gasteiger partial charge in [-0.25, -0.2) is 0 Å². The molecule has 1 amide bonds. The molecule has 0 atom stereocenters. The molecule has 0 unspecified atom stereocenters. The number of aryl methyl sites for hydroxylation is 2. The van der Waals surface area contributed by atoms with Gasteiger partial charge in [-0.15, -0.1) is 0 Å². The summed E-state index contributed by atoms with van der Waals surface area (Å²) in [5, 5.41) is 12.6. The smallest absolute Gasteiger partial charge is 0.255 e. The molecule has 2 N–H and O–H groups in total. The minimum atomic E-state index is -0.259. The van der Waals surface area contributed by atoms with E-state index in [4.69, 9.17) is 9.47 Å². The van der Waals surface area contributed by atoms with Crippen molar-refractivity contribution in [3.8, 4) is 17.2 Å². The van der Waals surface area contributed by atoms with E-state index < -0.39 is 0 Å². The van der Waals surface area contributed by atoms with Gasteiger partial charge in [0.2, 0.25) is 0 Å². The Morgan fingerprint density at radius 2 is 1.59 bits per heavy atom. The number of phenolic OH excluding ortho intramolecular Hbond substituents is 1. The summed E-state index contributed by atoms with van der Waals surface area (Å²) < 4.78 is 10.3. The number of ether oxygens (including phenoxy) is 2. The van der Waals surface area contributed by atoms with Crippen LogP contribution in [-0.4, -0.2) is 25.2 Å². The van der Waals surface area contributed by atoms with E-state index >= 15 is 0 Å². The fourth-order valence-electron chi connectivity index (χ4n) is 2.21. The van der Waals surface area contributed by atoms with Gasteiger partial charge in [0.15, 0.2) is 11.5 Å². The quantitative estimate of drug-likeness (QED) is 0.850. The van der Waals surface area contributed by atoms with Gasteiger partial charge in [0, 0.05) is 11.3 Å². The largest absolute Gasteiger partial charge is 0.507 e. The van der Waals surface area contributed by atoms with E-state index in [1.54, 1.807) is 51.3 Å². The standard InChI is InChI=1S/C17H19NO4/c1-10-7-13(8-11(2)16(10)19)18-17(20)12-5-6-14(21-3)15(9-12)22-4/h5-9,19H,1-4H3,(H,18,20). The Morgan fingerprint density at radius 3 is 2.14 bits per heavy atom. The number of amides is 1. The summed E-state index contributed by atoms with van der Waals surface area (Å²) in [7, 11) is 3.06. The minimum Gasteiger partial charge on any atom is -0.507 e.